The molecule has 0 aliphatic rings. The molecule has 1 N–H and O–H groups in total. The summed E-state index contributed by atoms with van der Waals surface area (Å²) in [5.41, 5.74) is 3.29. The predicted molar refractivity (Wildman–Crippen MR) is 91.7 cm³/mol. The van der Waals surface area contributed by atoms with Crippen molar-refractivity contribution in [3.8, 4) is 0 Å². The van der Waals surface area contributed by atoms with E-state index in [0.717, 1.165) is 21.2 Å². The zero-order chi connectivity index (χ0) is 15.4. The Labute approximate surface area is 137 Å². The third kappa shape index (κ3) is 3.43. The van der Waals surface area contributed by atoms with Crippen LogP contribution >= 0.6 is 15.9 Å². The molecule has 1 heterocycles. The van der Waals surface area contributed by atoms with Crippen LogP contribution in [0.2, 0.25) is 0 Å². The van der Waals surface area contributed by atoms with Gasteiger partial charge in [-0.25, -0.2) is 9.97 Å². The number of hydrogen-bond acceptors (Lipinski definition) is 4. The number of methoxy groups -OCH3 is 1. The Kier molecular flexibility index (Phi) is 4.65. The van der Waals surface area contributed by atoms with E-state index < -0.39 is 0 Å². The monoisotopic (exact) mass is 357 g/mol. The number of ether oxygens (including phenoxy) is 1. The van der Waals surface area contributed by atoms with Gasteiger partial charge in [0.25, 0.3) is 0 Å². The smallest absolute Gasteiger partial charge is 0.137 e. The highest BCUT2D eigenvalue weighted by molar-refractivity contribution is 9.10. The lowest BCUT2D eigenvalue weighted by atomic mass is 10.1. The van der Waals surface area contributed by atoms with E-state index >= 15 is 0 Å². The summed E-state index contributed by atoms with van der Waals surface area (Å²) in [6, 6.07) is 14.3. The first kappa shape index (κ1) is 14.9. The summed E-state index contributed by atoms with van der Waals surface area (Å²) < 4.78 is 6.13. The summed E-state index contributed by atoms with van der Waals surface area (Å²) in [5, 5.41) is 4.39. The van der Waals surface area contributed by atoms with Gasteiger partial charge >= 0.3 is 0 Å². The van der Waals surface area contributed by atoms with E-state index in [-0.39, 0.29) is 0 Å². The molecule has 0 saturated carbocycles. The Hall–Kier alpha value is -1.98. The minimum atomic E-state index is 0.637. The maximum Gasteiger partial charge on any atom is 0.137 e. The van der Waals surface area contributed by atoms with E-state index in [2.05, 4.69) is 55.5 Å². The maximum absolute atomic E-state index is 5.12. The molecule has 1 aromatic heterocycles. The standard InChI is InChI=1S/C17H16BrN3O/c1-22-10-13-4-2-12(3-5-13)9-19-17-15-8-14(18)6-7-16(15)20-11-21-17/h2-8,11H,9-10H2,1H3,(H,19,20,21). The van der Waals surface area contributed by atoms with E-state index in [9.17, 15) is 0 Å². The molecule has 0 saturated heterocycles. The normalized spacial score (nSPS) is 10.8. The number of anilines is 1. The van der Waals surface area contributed by atoms with Crippen LogP contribution in [0.15, 0.2) is 53.3 Å². The van der Waals surface area contributed by atoms with E-state index in [1.54, 1.807) is 13.4 Å². The number of nitrogens with zero attached hydrogens (tertiary/aromatic N) is 2. The molecule has 22 heavy (non-hydrogen) atoms. The molecular weight excluding hydrogens is 342 g/mol. The van der Waals surface area contributed by atoms with Crippen LogP contribution in [-0.4, -0.2) is 17.1 Å². The van der Waals surface area contributed by atoms with Crippen molar-refractivity contribution >= 4 is 32.7 Å². The molecule has 3 rings (SSSR count). The summed E-state index contributed by atoms with van der Waals surface area (Å²) in [5.74, 6) is 0.840. The van der Waals surface area contributed by atoms with Crippen molar-refractivity contribution in [1.29, 1.82) is 0 Å². The first-order valence-electron chi connectivity index (χ1n) is 6.97. The van der Waals surface area contributed by atoms with Crippen molar-refractivity contribution in [2.24, 2.45) is 0 Å². The molecule has 2 aromatic carbocycles. The van der Waals surface area contributed by atoms with E-state index in [0.29, 0.717) is 13.2 Å². The van der Waals surface area contributed by atoms with Gasteiger partial charge in [-0.1, -0.05) is 40.2 Å². The molecule has 4 nitrogen and oxygen atoms in total. The molecule has 0 radical (unpaired) electrons. The molecule has 0 bridgehead atoms. The van der Waals surface area contributed by atoms with E-state index in [4.69, 9.17) is 4.74 Å². The fourth-order valence-corrected chi connectivity index (χ4v) is 2.64. The van der Waals surface area contributed by atoms with Gasteiger partial charge in [0.2, 0.25) is 0 Å². The highest BCUT2D eigenvalue weighted by Crippen LogP contribution is 2.23. The number of rotatable bonds is 5. The van der Waals surface area contributed by atoms with Gasteiger partial charge < -0.3 is 10.1 Å². The van der Waals surface area contributed by atoms with Crippen LogP contribution in [0.4, 0.5) is 5.82 Å². The summed E-state index contributed by atoms with van der Waals surface area (Å²) in [6.07, 6.45) is 1.58. The fraction of sp³-hybridized carbons (Fsp3) is 0.176. The maximum atomic E-state index is 5.12. The molecule has 5 heteroatoms. The number of benzene rings is 2. The average molecular weight is 358 g/mol. The van der Waals surface area contributed by atoms with Crippen molar-refractivity contribution in [1.82, 2.24) is 9.97 Å². The SMILES string of the molecule is COCc1ccc(CNc2ncnc3ccc(Br)cc23)cc1. The summed E-state index contributed by atoms with van der Waals surface area (Å²) >= 11 is 3.49. The molecule has 0 amide bonds. The van der Waals surface area contributed by atoms with Gasteiger partial charge in [-0.05, 0) is 29.3 Å². The highest BCUT2D eigenvalue weighted by Gasteiger charge is 2.04. The largest absolute Gasteiger partial charge is 0.380 e. The molecule has 0 spiro atoms. The quantitative estimate of drug-likeness (QED) is 0.744. The molecule has 0 aliphatic carbocycles. The van der Waals surface area contributed by atoms with Crippen molar-refractivity contribution < 1.29 is 4.74 Å². The molecule has 0 aliphatic heterocycles. The van der Waals surface area contributed by atoms with Gasteiger partial charge in [0.05, 0.1) is 12.1 Å². The lowest BCUT2D eigenvalue weighted by molar-refractivity contribution is 0.185. The summed E-state index contributed by atoms with van der Waals surface area (Å²) in [6.45, 7) is 1.35. The van der Waals surface area contributed by atoms with Crippen LogP contribution in [0.1, 0.15) is 11.1 Å². The average Bonchev–Trinajstić information content (AvgIpc) is 2.54. The molecule has 0 unspecified atom stereocenters. The van der Waals surface area contributed by atoms with Crippen LogP contribution in [0.5, 0.6) is 0 Å². The summed E-state index contributed by atoms with van der Waals surface area (Å²) in [7, 11) is 1.70. The van der Waals surface area contributed by atoms with Crippen molar-refractivity contribution in [2.75, 3.05) is 12.4 Å². The third-order valence-electron chi connectivity index (χ3n) is 3.39. The molecule has 0 fully saturated rings. The first-order chi connectivity index (χ1) is 10.8. The highest BCUT2D eigenvalue weighted by atomic mass is 79.9. The lowest BCUT2D eigenvalue weighted by Crippen LogP contribution is -2.02. The van der Waals surface area contributed by atoms with Gasteiger partial charge in [-0.3, -0.25) is 0 Å². The van der Waals surface area contributed by atoms with Crippen LogP contribution in [0.25, 0.3) is 10.9 Å². The lowest BCUT2D eigenvalue weighted by Gasteiger charge is -2.09. The van der Waals surface area contributed by atoms with Crippen LogP contribution in [0.3, 0.4) is 0 Å². The predicted octanol–water partition coefficient (Wildman–Crippen LogP) is 4.15. The minimum absolute atomic E-state index is 0.637. The Morgan fingerprint density at radius 1 is 1.05 bits per heavy atom. The number of nitrogens with one attached hydrogen (secondary N) is 1. The molecule has 112 valence electrons. The second-order valence-corrected chi connectivity index (χ2v) is 5.90. The molecular formula is C17H16BrN3O. The van der Waals surface area contributed by atoms with Crippen LogP contribution < -0.4 is 5.32 Å². The van der Waals surface area contributed by atoms with Gasteiger partial charge in [0.1, 0.15) is 12.1 Å². The zero-order valence-electron chi connectivity index (χ0n) is 12.2. The third-order valence-corrected chi connectivity index (χ3v) is 3.88. The topological polar surface area (TPSA) is 47.0 Å². The van der Waals surface area contributed by atoms with Crippen molar-refractivity contribution in [3.63, 3.8) is 0 Å². The van der Waals surface area contributed by atoms with E-state index in [1.807, 2.05) is 18.2 Å². The Morgan fingerprint density at radius 2 is 1.82 bits per heavy atom. The number of halogens is 1. The Bertz CT molecular complexity index is 774. The van der Waals surface area contributed by atoms with Crippen LogP contribution in [0, 0.1) is 0 Å². The van der Waals surface area contributed by atoms with Gasteiger partial charge in [0.15, 0.2) is 0 Å². The van der Waals surface area contributed by atoms with E-state index in [1.165, 1.54) is 11.1 Å². The molecule has 3 aromatic rings. The number of fused-ring (bicyclic) bond motifs is 1. The van der Waals surface area contributed by atoms with Gasteiger partial charge in [-0.2, -0.15) is 0 Å². The zero-order valence-corrected chi connectivity index (χ0v) is 13.8. The Balaban J connectivity index is 1.77. The second kappa shape index (κ2) is 6.85. The van der Waals surface area contributed by atoms with Gasteiger partial charge in [-0.15, -0.1) is 0 Å². The van der Waals surface area contributed by atoms with Crippen LogP contribution in [-0.2, 0) is 17.9 Å². The second-order valence-electron chi connectivity index (χ2n) is 4.99. The summed E-state index contributed by atoms with van der Waals surface area (Å²) in [4.78, 5) is 8.63. The van der Waals surface area contributed by atoms with Crippen molar-refractivity contribution in [3.05, 3.63) is 64.4 Å². The first-order valence-corrected chi connectivity index (χ1v) is 7.76. The minimum Gasteiger partial charge on any atom is -0.380 e. The fourth-order valence-electron chi connectivity index (χ4n) is 2.28. The Morgan fingerprint density at radius 3 is 2.59 bits per heavy atom. The van der Waals surface area contributed by atoms with Gasteiger partial charge in [0, 0.05) is 23.5 Å². The molecule has 0 atom stereocenters. The van der Waals surface area contributed by atoms with Crippen molar-refractivity contribution in [2.45, 2.75) is 13.2 Å². The number of aromatic nitrogens is 2. The number of hydrogen-bond donors (Lipinski definition) is 1.